The molecule has 124 valence electrons. The van der Waals surface area contributed by atoms with Crippen molar-refractivity contribution in [3.05, 3.63) is 68.6 Å². The van der Waals surface area contributed by atoms with Crippen LogP contribution in [-0.2, 0) is 0 Å². The molecule has 7 heteroatoms. The number of rotatable bonds is 4. The Morgan fingerprint density at radius 3 is 2.75 bits per heavy atom. The van der Waals surface area contributed by atoms with E-state index < -0.39 is 17.6 Å². The van der Waals surface area contributed by atoms with Crippen molar-refractivity contribution in [1.29, 1.82) is 0 Å². The Morgan fingerprint density at radius 1 is 1.33 bits per heavy atom. The Labute approximate surface area is 142 Å². The number of fused-ring (bicyclic) bond motifs is 1. The molecule has 0 aliphatic carbocycles. The van der Waals surface area contributed by atoms with Crippen LogP contribution in [0.4, 0.5) is 0 Å². The third-order valence-corrected chi connectivity index (χ3v) is 4.74. The summed E-state index contributed by atoms with van der Waals surface area (Å²) in [5.41, 5.74) is 2.10. The van der Waals surface area contributed by atoms with Gasteiger partial charge in [-0.05, 0) is 19.4 Å². The number of thiazole rings is 1. The minimum absolute atomic E-state index is 0.0205. The molecule has 0 aliphatic heterocycles. The normalized spacial score (nSPS) is 12.3. The Hall–Kier alpha value is -2.51. The van der Waals surface area contributed by atoms with Crippen LogP contribution < -0.4 is 10.9 Å². The second-order valence-electron chi connectivity index (χ2n) is 5.61. The molecule has 0 spiro atoms. The maximum Gasteiger partial charge on any atom is 0.271 e. The van der Waals surface area contributed by atoms with Crippen LogP contribution >= 0.6 is 11.3 Å². The first-order chi connectivity index (χ1) is 11.5. The summed E-state index contributed by atoms with van der Waals surface area (Å²) >= 11 is 1.35. The van der Waals surface area contributed by atoms with Crippen molar-refractivity contribution in [2.75, 3.05) is 6.54 Å². The summed E-state index contributed by atoms with van der Waals surface area (Å²) in [5, 5.41) is 14.5. The van der Waals surface area contributed by atoms with Crippen molar-refractivity contribution < 1.29 is 9.90 Å². The van der Waals surface area contributed by atoms with Crippen LogP contribution in [0.25, 0.3) is 4.96 Å². The fourth-order valence-corrected chi connectivity index (χ4v) is 3.20. The van der Waals surface area contributed by atoms with Crippen LogP contribution in [0.15, 0.2) is 40.6 Å². The number of amides is 1. The first kappa shape index (κ1) is 16.4. The van der Waals surface area contributed by atoms with Gasteiger partial charge < -0.3 is 10.4 Å². The number of aromatic nitrogens is 2. The SMILES string of the molecule is Cc1ccc(C(O)CNC(=O)c2cnc3scc(C)n3c2=O)cc1. The lowest BCUT2D eigenvalue weighted by Gasteiger charge is -2.12. The van der Waals surface area contributed by atoms with Crippen LogP contribution in [0.3, 0.4) is 0 Å². The highest BCUT2D eigenvalue weighted by molar-refractivity contribution is 7.15. The number of hydrogen-bond donors (Lipinski definition) is 2. The predicted molar refractivity (Wildman–Crippen MR) is 92.5 cm³/mol. The standard InChI is InChI=1S/C17H17N3O3S/c1-10-3-5-12(6-4-10)14(21)8-18-15(22)13-7-19-17-20(16(13)23)11(2)9-24-17/h3-7,9,14,21H,8H2,1-2H3,(H,18,22). The van der Waals surface area contributed by atoms with Crippen molar-refractivity contribution in [1.82, 2.24) is 14.7 Å². The summed E-state index contributed by atoms with van der Waals surface area (Å²) in [6.45, 7) is 3.77. The summed E-state index contributed by atoms with van der Waals surface area (Å²) in [7, 11) is 0. The maximum absolute atomic E-state index is 12.4. The monoisotopic (exact) mass is 343 g/mol. The van der Waals surface area contributed by atoms with Gasteiger partial charge in [0.05, 0.1) is 6.10 Å². The van der Waals surface area contributed by atoms with Gasteiger partial charge in [-0.2, -0.15) is 0 Å². The van der Waals surface area contributed by atoms with Gasteiger partial charge in [0.2, 0.25) is 0 Å². The van der Waals surface area contributed by atoms with Gasteiger partial charge >= 0.3 is 0 Å². The van der Waals surface area contributed by atoms with E-state index in [-0.39, 0.29) is 12.1 Å². The lowest BCUT2D eigenvalue weighted by atomic mass is 10.1. The van der Waals surface area contributed by atoms with Crippen LogP contribution in [0.5, 0.6) is 0 Å². The molecule has 2 aromatic heterocycles. The molecule has 0 saturated heterocycles. The van der Waals surface area contributed by atoms with Gasteiger partial charge in [-0.1, -0.05) is 29.8 Å². The molecule has 3 rings (SSSR count). The molecule has 2 heterocycles. The van der Waals surface area contributed by atoms with Gasteiger partial charge in [-0.3, -0.25) is 14.0 Å². The van der Waals surface area contributed by atoms with E-state index in [4.69, 9.17) is 0 Å². The predicted octanol–water partition coefficient (Wildman–Crippen LogP) is 1.84. The summed E-state index contributed by atoms with van der Waals surface area (Å²) in [6.07, 6.45) is 0.443. The fourth-order valence-electron chi connectivity index (χ4n) is 2.37. The fraction of sp³-hybridized carbons (Fsp3) is 0.235. The van der Waals surface area contributed by atoms with Crippen molar-refractivity contribution in [2.45, 2.75) is 20.0 Å². The molecule has 1 aromatic carbocycles. The Bertz CT molecular complexity index is 944. The molecular weight excluding hydrogens is 326 g/mol. The van der Waals surface area contributed by atoms with Crippen LogP contribution in [0, 0.1) is 13.8 Å². The highest BCUT2D eigenvalue weighted by atomic mass is 32.1. The topological polar surface area (TPSA) is 83.7 Å². The lowest BCUT2D eigenvalue weighted by molar-refractivity contribution is 0.0914. The van der Waals surface area contributed by atoms with Crippen LogP contribution in [-0.4, -0.2) is 26.9 Å². The average Bonchev–Trinajstić information content (AvgIpc) is 2.95. The minimum Gasteiger partial charge on any atom is -0.387 e. The second kappa shape index (κ2) is 6.54. The van der Waals surface area contributed by atoms with Gasteiger partial charge in [0.1, 0.15) is 5.56 Å². The van der Waals surface area contributed by atoms with E-state index in [9.17, 15) is 14.7 Å². The zero-order valence-electron chi connectivity index (χ0n) is 13.3. The van der Waals surface area contributed by atoms with E-state index in [1.807, 2.05) is 36.6 Å². The summed E-state index contributed by atoms with van der Waals surface area (Å²) < 4.78 is 1.41. The number of hydrogen-bond acceptors (Lipinski definition) is 5. The number of nitrogens with zero attached hydrogens (tertiary/aromatic N) is 2. The summed E-state index contributed by atoms with van der Waals surface area (Å²) in [6, 6.07) is 7.40. The highest BCUT2D eigenvalue weighted by Crippen LogP contribution is 2.13. The number of aliphatic hydroxyl groups is 1. The minimum atomic E-state index is -0.836. The molecule has 0 radical (unpaired) electrons. The molecule has 3 aromatic rings. The number of carbonyl (C=O) groups excluding carboxylic acids is 1. The number of aliphatic hydroxyl groups excluding tert-OH is 1. The molecule has 0 bridgehead atoms. The summed E-state index contributed by atoms with van der Waals surface area (Å²) in [4.78, 5) is 29.4. The largest absolute Gasteiger partial charge is 0.387 e. The molecular formula is C17H17N3O3S. The van der Waals surface area contributed by atoms with Crippen molar-refractivity contribution >= 4 is 22.2 Å². The Morgan fingerprint density at radius 2 is 2.04 bits per heavy atom. The molecule has 1 atom stereocenters. The smallest absolute Gasteiger partial charge is 0.271 e. The van der Waals surface area contributed by atoms with Gasteiger partial charge in [-0.25, -0.2) is 4.98 Å². The average molecular weight is 343 g/mol. The van der Waals surface area contributed by atoms with Crippen molar-refractivity contribution in [3.63, 3.8) is 0 Å². The van der Waals surface area contributed by atoms with Crippen molar-refractivity contribution in [3.8, 4) is 0 Å². The second-order valence-corrected chi connectivity index (χ2v) is 6.45. The zero-order valence-corrected chi connectivity index (χ0v) is 14.1. The summed E-state index contributed by atoms with van der Waals surface area (Å²) in [5.74, 6) is -0.543. The molecule has 0 fully saturated rings. The lowest BCUT2D eigenvalue weighted by Crippen LogP contribution is -2.34. The van der Waals surface area contributed by atoms with E-state index in [0.717, 1.165) is 11.3 Å². The van der Waals surface area contributed by atoms with E-state index >= 15 is 0 Å². The van der Waals surface area contributed by atoms with Crippen molar-refractivity contribution in [2.24, 2.45) is 0 Å². The molecule has 24 heavy (non-hydrogen) atoms. The molecule has 0 aliphatic rings. The number of nitrogens with one attached hydrogen (secondary N) is 1. The first-order valence-corrected chi connectivity index (χ1v) is 8.34. The van der Waals surface area contributed by atoms with Gasteiger partial charge in [0.15, 0.2) is 4.96 Å². The quantitative estimate of drug-likeness (QED) is 0.757. The van der Waals surface area contributed by atoms with E-state index in [1.165, 1.54) is 21.9 Å². The highest BCUT2D eigenvalue weighted by Gasteiger charge is 2.16. The third kappa shape index (κ3) is 3.08. The molecule has 6 nitrogen and oxygen atoms in total. The number of carbonyl (C=O) groups is 1. The van der Waals surface area contributed by atoms with Crippen LogP contribution in [0.1, 0.15) is 33.3 Å². The number of aryl methyl sites for hydroxylation is 2. The third-order valence-electron chi connectivity index (χ3n) is 3.78. The van der Waals surface area contributed by atoms with Crippen LogP contribution in [0.2, 0.25) is 0 Å². The zero-order chi connectivity index (χ0) is 17.3. The molecule has 0 saturated carbocycles. The molecule has 1 amide bonds. The molecule has 1 unspecified atom stereocenters. The van der Waals surface area contributed by atoms with E-state index in [1.54, 1.807) is 6.92 Å². The van der Waals surface area contributed by atoms with E-state index in [0.29, 0.717) is 10.5 Å². The first-order valence-electron chi connectivity index (χ1n) is 7.46. The number of benzene rings is 1. The Kier molecular flexibility index (Phi) is 4.46. The van der Waals surface area contributed by atoms with Gasteiger partial charge in [0.25, 0.3) is 11.5 Å². The van der Waals surface area contributed by atoms with Gasteiger partial charge in [-0.15, -0.1) is 11.3 Å². The Balaban J connectivity index is 1.75. The maximum atomic E-state index is 12.4. The molecule has 2 N–H and O–H groups in total. The van der Waals surface area contributed by atoms with Gasteiger partial charge in [0, 0.05) is 23.8 Å². The van der Waals surface area contributed by atoms with E-state index in [2.05, 4.69) is 10.3 Å².